The summed E-state index contributed by atoms with van der Waals surface area (Å²) in [6, 6.07) is 12.0. The van der Waals surface area contributed by atoms with Crippen molar-refractivity contribution in [2.24, 2.45) is 0 Å². The Morgan fingerprint density at radius 3 is 2.53 bits per heavy atom. The highest BCUT2D eigenvalue weighted by Crippen LogP contribution is 2.19. The summed E-state index contributed by atoms with van der Waals surface area (Å²) in [5.41, 5.74) is -0.0674. The summed E-state index contributed by atoms with van der Waals surface area (Å²) in [5.74, 6) is 0.324. The predicted octanol–water partition coefficient (Wildman–Crippen LogP) is 2.29. The van der Waals surface area contributed by atoms with Crippen molar-refractivity contribution in [1.29, 1.82) is 0 Å². The van der Waals surface area contributed by atoms with Gasteiger partial charge in [-0.1, -0.05) is 18.2 Å². The minimum atomic E-state index is -0.649. The lowest BCUT2D eigenvalue weighted by molar-refractivity contribution is -0.608. The van der Waals surface area contributed by atoms with Crippen LogP contribution in [-0.4, -0.2) is 12.6 Å². The minimum Gasteiger partial charge on any atom is -0.618 e. The van der Waals surface area contributed by atoms with Crippen LogP contribution in [0.1, 0.15) is 17.4 Å². The zero-order valence-electron chi connectivity index (χ0n) is 10.4. The summed E-state index contributed by atoms with van der Waals surface area (Å²) in [5, 5.41) is 11.7. The summed E-state index contributed by atoms with van der Waals surface area (Å²) < 4.78 is 10.7. The van der Waals surface area contributed by atoms with Crippen molar-refractivity contribution in [2.45, 2.75) is 6.92 Å². The van der Waals surface area contributed by atoms with Crippen LogP contribution < -0.4 is 9.47 Å². The topological polar surface area (TPSA) is 62.5 Å². The van der Waals surface area contributed by atoms with Crippen molar-refractivity contribution in [1.82, 2.24) is 0 Å². The molecular weight excluding hydrogens is 246 g/mol. The number of ether oxygens (including phenoxy) is 2. The molecule has 0 amide bonds. The van der Waals surface area contributed by atoms with Gasteiger partial charge in [0.25, 0.3) is 0 Å². The number of hydrogen-bond acceptors (Lipinski definition) is 4. The van der Waals surface area contributed by atoms with E-state index in [2.05, 4.69) is 0 Å². The molecule has 5 nitrogen and oxygen atoms in total. The Kier molecular flexibility index (Phi) is 3.97. The van der Waals surface area contributed by atoms with Crippen LogP contribution in [0.4, 0.5) is 0 Å². The number of pyridine rings is 1. The number of rotatable bonds is 4. The molecule has 0 aliphatic carbocycles. The van der Waals surface area contributed by atoms with Crippen LogP contribution >= 0.6 is 0 Å². The van der Waals surface area contributed by atoms with Gasteiger partial charge in [-0.25, -0.2) is 4.79 Å². The van der Waals surface area contributed by atoms with Gasteiger partial charge in [0.1, 0.15) is 5.75 Å². The molecule has 0 saturated carbocycles. The van der Waals surface area contributed by atoms with E-state index in [-0.39, 0.29) is 12.3 Å². The fraction of sp³-hybridized carbons (Fsp3) is 0.143. The molecule has 0 aliphatic heterocycles. The molecule has 1 heterocycles. The van der Waals surface area contributed by atoms with Crippen LogP contribution in [-0.2, 0) is 4.74 Å². The molecule has 0 bridgehead atoms. The summed E-state index contributed by atoms with van der Waals surface area (Å²) >= 11 is 0. The van der Waals surface area contributed by atoms with E-state index in [1.54, 1.807) is 25.1 Å². The maximum atomic E-state index is 11.7. The molecule has 0 aliphatic rings. The van der Waals surface area contributed by atoms with Crippen molar-refractivity contribution in [3.63, 3.8) is 0 Å². The molecule has 0 N–H and O–H groups in total. The number of hydrogen-bond donors (Lipinski definition) is 0. The number of carbonyl (C=O) groups excluding carboxylic acids is 1. The van der Waals surface area contributed by atoms with Crippen LogP contribution in [0.15, 0.2) is 48.7 Å². The molecule has 1 aromatic carbocycles. The molecule has 1 aromatic heterocycles. The predicted molar refractivity (Wildman–Crippen MR) is 67.9 cm³/mol. The number of para-hydroxylation sites is 1. The Morgan fingerprint density at radius 1 is 1.16 bits per heavy atom. The Labute approximate surface area is 110 Å². The molecule has 0 atom stereocenters. The first-order chi connectivity index (χ1) is 9.20. The van der Waals surface area contributed by atoms with E-state index in [4.69, 9.17) is 9.47 Å². The lowest BCUT2D eigenvalue weighted by Crippen LogP contribution is -2.34. The first-order valence-electron chi connectivity index (χ1n) is 5.84. The smallest absolute Gasteiger partial charge is 0.405 e. The normalized spacial score (nSPS) is 9.95. The second kappa shape index (κ2) is 5.86. The van der Waals surface area contributed by atoms with Crippen LogP contribution in [0.25, 0.3) is 0 Å². The molecule has 0 spiro atoms. The van der Waals surface area contributed by atoms with E-state index in [9.17, 15) is 10.0 Å². The molecule has 2 rings (SSSR count). The fourth-order valence-electron chi connectivity index (χ4n) is 1.51. The van der Waals surface area contributed by atoms with Gasteiger partial charge in [0.2, 0.25) is 6.20 Å². The Morgan fingerprint density at radius 2 is 1.89 bits per heavy atom. The van der Waals surface area contributed by atoms with Crippen molar-refractivity contribution < 1.29 is 19.0 Å². The van der Waals surface area contributed by atoms with E-state index in [1.165, 1.54) is 12.3 Å². The highest BCUT2D eigenvalue weighted by molar-refractivity contribution is 5.85. The van der Waals surface area contributed by atoms with E-state index < -0.39 is 5.97 Å². The van der Waals surface area contributed by atoms with Gasteiger partial charge in [0, 0.05) is 6.07 Å². The summed E-state index contributed by atoms with van der Waals surface area (Å²) in [7, 11) is 0. The third-order valence-electron chi connectivity index (χ3n) is 2.35. The Hall–Kier alpha value is -2.56. The number of carbonyl (C=O) groups is 1. The van der Waals surface area contributed by atoms with E-state index in [0.717, 1.165) is 0 Å². The first kappa shape index (κ1) is 12.9. The summed E-state index contributed by atoms with van der Waals surface area (Å²) in [6.07, 6.45) is 1.19. The van der Waals surface area contributed by atoms with Crippen molar-refractivity contribution in [3.8, 4) is 11.5 Å². The monoisotopic (exact) mass is 259 g/mol. The number of nitrogens with zero attached hydrogens (tertiary/aromatic N) is 1. The Balaban J connectivity index is 2.17. The van der Waals surface area contributed by atoms with Gasteiger partial charge in [-0.15, -0.1) is 0 Å². The average molecular weight is 259 g/mol. The molecule has 5 heteroatoms. The first-order valence-corrected chi connectivity index (χ1v) is 5.84. The SMILES string of the molecule is CCOC(=O)c1ccc(Oc2ccccc2)c[n+]1[O-]. The summed E-state index contributed by atoms with van der Waals surface area (Å²) in [6.45, 7) is 1.90. The number of aromatic nitrogens is 1. The molecule has 0 saturated heterocycles. The van der Waals surface area contributed by atoms with Crippen molar-refractivity contribution in [2.75, 3.05) is 6.61 Å². The second-order valence-electron chi connectivity index (χ2n) is 3.71. The van der Waals surface area contributed by atoms with Gasteiger partial charge in [0.05, 0.1) is 6.61 Å². The number of esters is 1. The zero-order chi connectivity index (χ0) is 13.7. The van der Waals surface area contributed by atoms with E-state index in [0.29, 0.717) is 16.2 Å². The van der Waals surface area contributed by atoms with Crippen LogP contribution in [0.2, 0.25) is 0 Å². The van der Waals surface area contributed by atoms with Crippen molar-refractivity contribution in [3.05, 3.63) is 59.6 Å². The Bertz CT molecular complexity index is 569. The molecular formula is C14H13NO4. The lowest BCUT2D eigenvalue weighted by Gasteiger charge is -2.07. The van der Waals surface area contributed by atoms with Crippen molar-refractivity contribution >= 4 is 5.97 Å². The van der Waals surface area contributed by atoms with Crippen LogP contribution in [0.5, 0.6) is 11.5 Å². The number of benzene rings is 1. The maximum absolute atomic E-state index is 11.7. The summed E-state index contributed by atoms with van der Waals surface area (Å²) in [4.78, 5) is 11.5. The fourth-order valence-corrected chi connectivity index (χ4v) is 1.51. The van der Waals surface area contributed by atoms with E-state index in [1.807, 2.05) is 18.2 Å². The lowest BCUT2D eigenvalue weighted by atomic mass is 10.3. The molecule has 0 unspecified atom stereocenters. The van der Waals surface area contributed by atoms with Gasteiger partial charge >= 0.3 is 11.7 Å². The highest BCUT2D eigenvalue weighted by Gasteiger charge is 2.17. The van der Waals surface area contributed by atoms with Gasteiger partial charge in [-0.05, 0) is 25.1 Å². The third-order valence-corrected chi connectivity index (χ3v) is 2.35. The second-order valence-corrected chi connectivity index (χ2v) is 3.71. The zero-order valence-corrected chi connectivity index (χ0v) is 10.4. The van der Waals surface area contributed by atoms with Crippen LogP contribution in [0, 0.1) is 5.21 Å². The van der Waals surface area contributed by atoms with Crippen LogP contribution in [0.3, 0.4) is 0 Å². The van der Waals surface area contributed by atoms with E-state index >= 15 is 0 Å². The molecule has 19 heavy (non-hydrogen) atoms. The third kappa shape index (κ3) is 3.22. The van der Waals surface area contributed by atoms with Gasteiger partial charge in [-0.3, -0.25) is 0 Å². The quantitative estimate of drug-likeness (QED) is 0.480. The largest absolute Gasteiger partial charge is 0.618 e. The molecule has 0 fully saturated rings. The van der Waals surface area contributed by atoms with Gasteiger partial charge < -0.3 is 14.7 Å². The average Bonchev–Trinajstić information content (AvgIpc) is 2.40. The highest BCUT2D eigenvalue weighted by atomic mass is 16.5. The molecule has 98 valence electrons. The minimum absolute atomic E-state index is 0.0674. The molecule has 0 radical (unpaired) electrons. The maximum Gasteiger partial charge on any atom is 0.405 e. The molecule has 2 aromatic rings. The van der Waals surface area contributed by atoms with Gasteiger partial charge in [0.15, 0.2) is 5.75 Å². The standard InChI is InChI=1S/C14H13NO4/c1-2-18-14(16)13-9-8-12(10-15(13)17)19-11-6-4-3-5-7-11/h3-10H,2H2,1H3. The van der Waals surface area contributed by atoms with Gasteiger partial charge in [-0.2, -0.15) is 4.73 Å².